The summed E-state index contributed by atoms with van der Waals surface area (Å²) in [5.74, 6) is 10.4. The van der Waals surface area contributed by atoms with Crippen molar-refractivity contribution >= 4 is 15.9 Å². The average molecular weight is 618 g/mol. The molecule has 41 heavy (non-hydrogen) atoms. The molecule has 0 aliphatic carbocycles. The van der Waals surface area contributed by atoms with Crippen LogP contribution in [0.25, 0.3) is 0 Å². The Labute approximate surface area is 263 Å². The van der Waals surface area contributed by atoms with Crippen LogP contribution in [-0.4, -0.2) is 0 Å². The maximum Gasteiger partial charge on any atom is 0.0284 e. The highest BCUT2D eigenvalue weighted by atomic mass is 79.9. The summed E-state index contributed by atoms with van der Waals surface area (Å²) in [6, 6.07) is 9.39. The van der Waals surface area contributed by atoms with Crippen molar-refractivity contribution in [3.05, 3.63) is 67.7 Å². The van der Waals surface area contributed by atoms with E-state index in [2.05, 4.69) is 85.7 Å². The normalized spacial score (nSPS) is 10.8. The van der Waals surface area contributed by atoms with Gasteiger partial charge in [0.1, 0.15) is 0 Å². The van der Waals surface area contributed by atoms with Gasteiger partial charge < -0.3 is 0 Å². The number of hydrogen-bond acceptors (Lipinski definition) is 0. The summed E-state index contributed by atoms with van der Waals surface area (Å²) < 4.78 is 1.26. The third-order valence-electron chi connectivity index (χ3n) is 8.29. The predicted molar refractivity (Wildman–Crippen MR) is 186 cm³/mol. The van der Waals surface area contributed by atoms with Gasteiger partial charge >= 0.3 is 0 Å². The van der Waals surface area contributed by atoms with Gasteiger partial charge in [-0.2, -0.15) is 0 Å². The Bertz CT molecular complexity index is 1120. The van der Waals surface area contributed by atoms with E-state index in [1.807, 2.05) is 0 Å². The number of benzene rings is 2. The predicted octanol–water partition coefficient (Wildman–Crippen LogP) is 12.3. The van der Waals surface area contributed by atoms with Gasteiger partial charge in [-0.25, -0.2) is 0 Å². The number of halogens is 1. The smallest absolute Gasteiger partial charge is 0.0284 e. The van der Waals surface area contributed by atoms with Crippen molar-refractivity contribution in [2.24, 2.45) is 0 Å². The van der Waals surface area contributed by atoms with Crippen molar-refractivity contribution < 1.29 is 0 Å². The molecule has 0 aromatic heterocycles. The molecule has 0 amide bonds. The van der Waals surface area contributed by atoms with E-state index in [4.69, 9.17) is 6.42 Å². The fourth-order valence-electron chi connectivity index (χ4n) is 5.63. The molecule has 2 aromatic carbocycles. The maximum atomic E-state index is 6.03. The van der Waals surface area contributed by atoms with E-state index in [9.17, 15) is 0 Å². The Balaban J connectivity index is 2.46. The van der Waals surface area contributed by atoms with Gasteiger partial charge in [-0.05, 0) is 97.9 Å². The number of unbranched alkanes of at least 4 members (excludes halogenated alkanes) is 12. The molecular formula is C40H57Br. The Morgan fingerprint density at radius 1 is 0.463 bits per heavy atom. The number of terminal acetylenes is 1. The minimum absolute atomic E-state index is 1.05. The molecule has 0 aliphatic heterocycles. The van der Waals surface area contributed by atoms with E-state index in [1.165, 1.54) is 141 Å². The van der Waals surface area contributed by atoms with Gasteiger partial charge in [0.2, 0.25) is 0 Å². The van der Waals surface area contributed by atoms with E-state index < -0.39 is 0 Å². The lowest BCUT2D eigenvalue weighted by Crippen LogP contribution is -2.00. The topological polar surface area (TPSA) is 0 Å². The molecule has 0 N–H and O–H groups in total. The molecule has 2 rings (SSSR count). The van der Waals surface area contributed by atoms with Crippen molar-refractivity contribution in [1.29, 1.82) is 0 Å². The molecule has 224 valence electrons. The van der Waals surface area contributed by atoms with E-state index in [-0.39, 0.29) is 0 Å². The average Bonchev–Trinajstić information content (AvgIpc) is 2.98. The summed E-state index contributed by atoms with van der Waals surface area (Å²) >= 11 is 3.92. The summed E-state index contributed by atoms with van der Waals surface area (Å²) in [4.78, 5) is 0. The molecule has 0 spiro atoms. The van der Waals surface area contributed by atoms with Gasteiger partial charge in [0.25, 0.3) is 0 Å². The minimum atomic E-state index is 1.05. The van der Waals surface area contributed by atoms with Gasteiger partial charge in [-0.3, -0.25) is 0 Å². The maximum absolute atomic E-state index is 6.03. The first kappa shape index (κ1) is 35.2. The van der Waals surface area contributed by atoms with Crippen molar-refractivity contribution in [2.45, 2.75) is 156 Å². The summed E-state index contributed by atoms with van der Waals surface area (Å²) in [7, 11) is 0. The molecule has 1 heteroatoms. The van der Waals surface area contributed by atoms with Crippen LogP contribution in [0.5, 0.6) is 0 Å². The van der Waals surface area contributed by atoms with E-state index >= 15 is 0 Å². The molecule has 0 unspecified atom stereocenters. The molecule has 0 fully saturated rings. The summed E-state index contributed by atoms with van der Waals surface area (Å²) in [5, 5.41) is 0. The number of aryl methyl sites for hydroxylation is 4. The van der Waals surface area contributed by atoms with Crippen LogP contribution in [0.3, 0.4) is 0 Å². The molecule has 0 atom stereocenters. The molecule has 0 saturated heterocycles. The van der Waals surface area contributed by atoms with Gasteiger partial charge in [-0.1, -0.05) is 138 Å². The van der Waals surface area contributed by atoms with E-state index in [0.29, 0.717) is 0 Å². The summed E-state index contributed by atoms with van der Waals surface area (Å²) in [6.07, 6.45) is 30.6. The second-order valence-corrected chi connectivity index (χ2v) is 12.8. The fraction of sp³-hybridized carbons (Fsp3) is 0.600. The Hall–Kier alpha value is -1.96. The molecule has 0 heterocycles. The van der Waals surface area contributed by atoms with Crippen LogP contribution in [0.1, 0.15) is 169 Å². The third-order valence-corrected chi connectivity index (χ3v) is 9.03. The second-order valence-electron chi connectivity index (χ2n) is 11.9. The zero-order valence-electron chi connectivity index (χ0n) is 26.9. The van der Waals surface area contributed by atoms with Crippen LogP contribution in [-0.2, 0) is 25.7 Å². The zero-order valence-corrected chi connectivity index (χ0v) is 28.5. The van der Waals surface area contributed by atoms with Gasteiger partial charge in [-0.15, -0.1) is 6.42 Å². The SMILES string of the molecule is C#Cc1cc(CCCCCC)c(C#Cc2cc(CCCCCC)c(Br)cc2CCCCCC)cc1CCCCCC. The molecule has 0 aliphatic rings. The van der Waals surface area contributed by atoms with Gasteiger partial charge in [0, 0.05) is 21.2 Å². The highest BCUT2D eigenvalue weighted by molar-refractivity contribution is 9.10. The van der Waals surface area contributed by atoms with E-state index in [0.717, 1.165) is 31.2 Å². The van der Waals surface area contributed by atoms with Crippen molar-refractivity contribution in [3.8, 4) is 24.2 Å². The Kier molecular flexibility index (Phi) is 18.7. The quantitative estimate of drug-likeness (QED) is 0.102. The standard InChI is InChI=1S/C40H57Br/c1-6-11-15-19-23-34-30-37(35(29-33(34)10-5)24-20-16-12-7-2)27-28-38-31-39(26-22-18-14-9-4)40(41)32-36(38)25-21-17-13-8-3/h5,29-32H,6-9,11-26H2,1-4H3. The molecule has 0 bridgehead atoms. The van der Waals surface area contributed by atoms with Crippen LogP contribution in [0, 0.1) is 24.2 Å². The highest BCUT2D eigenvalue weighted by Crippen LogP contribution is 2.26. The monoisotopic (exact) mass is 616 g/mol. The molecular weight excluding hydrogens is 560 g/mol. The first-order valence-electron chi connectivity index (χ1n) is 17.0. The Morgan fingerprint density at radius 3 is 1.22 bits per heavy atom. The van der Waals surface area contributed by atoms with Crippen LogP contribution in [0.2, 0.25) is 0 Å². The Morgan fingerprint density at radius 2 is 0.805 bits per heavy atom. The van der Waals surface area contributed by atoms with Crippen LogP contribution < -0.4 is 0 Å². The first-order chi connectivity index (χ1) is 20.1. The highest BCUT2D eigenvalue weighted by Gasteiger charge is 2.11. The van der Waals surface area contributed by atoms with Crippen molar-refractivity contribution in [3.63, 3.8) is 0 Å². The number of hydrogen-bond donors (Lipinski definition) is 0. The zero-order chi connectivity index (χ0) is 29.7. The lowest BCUT2D eigenvalue weighted by molar-refractivity contribution is 0.662. The molecule has 2 aromatic rings. The summed E-state index contributed by atoms with van der Waals surface area (Å²) in [6.45, 7) is 9.10. The summed E-state index contributed by atoms with van der Waals surface area (Å²) in [5.41, 5.74) is 8.92. The lowest BCUT2D eigenvalue weighted by Gasteiger charge is -2.13. The molecule has 0 radical (unpaired) electrons. The minimum Gasteiger partial charge on any atom is -0.115 e. The van der Waals surface area contributed by atoms with Crippen molar-refractivity contribution in [2.75, 3.05) is 0 Å². The third kappa shape index (κ3) is 13.3. The second kappa shape index (κ2) is 21.7. The van der Waals surface area contributed by atoms with Crippen LogP contribution in [0.4, 0.5) is 0 Å². The first-order valence-corrected chi connectivity index (χ1v) is 17.8. The van der Waals surface area contributed by atoms with Gasteiger partial charge in [0.05, 0.1) is 0 Å². The molecule has 0 saturated carbocycles. The lowest BCUT2D eigenvalue weighted by atomic mass is 9.92. The molecule has 0 nitrogen and oxygen atoms in total. The van der Waals surface area contributed by atoms with Crippen molar-refractivity contribution in [1.82, 2.24) is 0 Å². The fourth-order valence-corrected chi connectivity index (χ4v) is 6.22. The largest absolute Gasteiger partial charge is 0.115 e. The van der Waals surface area contributed by atoms with Crippen LogP contribution >= 0.6 is 15.9 Å². The van der Waals surface area contributed by atoms with Crippen LogP contribution in [0.15, 0.2) is 28.7 Å². The van der Waals surface area contributed by atoms with Gasteiger partial charge in [0.15, 0.2) is 0 Å². The number of rotatable bonds is 20. The van der Waals surface area contributed by atoms with E-state index in [1.54, 1.807) is 0 Å².